The van der Waals surface area contributed by atoms with Crippen LogP contribution in [0.15, 0.2) is 52.9 Å². The van der Waals surface area contributed by atoms with Gasteiger partial charge in [-0.3, -0.25) is 9.59 Å². The molecule has 1 heterocycles. The summed E-state index contributed by atoms with van der Waals surface area (Å²) in [6, 6.07) is 9.67. The number of aliphatic hydroxyl groups excluding tert-OH is 1. The van der Waals surface area contributed by atoms with Crippen LogP contribution in [0.5, 0.6) is 11.5 Å². The number of amides is 1. The number of Topliss-reactive ketones (excluding diaryl/α,β-unsaturated/α-hetero) is 1. The number of aliphatic hydroxyl groups is 1. The minimum Gasteiger partial charge on any atom is -0.507 e. The highest BCUT2D eigenvalue weighted by atomic mass is 32.2. The summed E-state index contributed by atoms with van der Waals surface area (Å²) in [7, 11) is 2.18. The lowest BCUT2D eigenvalue weighted by atomic mass is 9.95. The highest BCUT2D eigenvalue weighted by molar-refractivity contribution is 7.89. The molecule has 3 rings (SSSR count). The SMILES string of the molecule is CCOc1ccc(C2/C(=C(\O)c3ccc(S(=O)(=O)N(C)C)cc3)C(=O)C(=O)N2CCCOC)cc1OC. The van der Waals surface area contributed by atoms with Crippen LogP contribution in [0.1, 0.15) is 30.5 Å². The van der Waals surface area contributed by atoms with Crippen molar-refractivity contribution in [3.8, 4) is 11.5 Å². The van der Waals surface area contributed by atoms with Gasteiger partial charge >= 0.3 is 0 Å². The molecule has 200 valence electrons. The van der Waals surface area contributed by atoms with Crippen LogP contribution in [0.4, 0.5) is 0 Å². The van der Waals surface area contributed by atoms with Gasteiger partial charge in [-0.25, -0.2) is 12.7 Å². The predicted octanol–water partition coefficient (Wildman–Crippen LogP) is 2.80. The highest BCUT2D eigenvalue weighted by Gasteiger charge is 2.46. The third-order valence-corrected chi connectivity index (χ3v) is 7.83. The normalized spacial score (nSPS) is 17.5. The van der Waals surface area contributed by atoms with E-state index in [9.17, 15) is 23.1 Å². The predicted molar refractivity (Wildman–Crippen MR) is 137 cm³/mol. The Kier molecular flexibility index (Phi) is 8.95. The lowest BCUT2D eigenvalue weighted by Gasteiger charge is -2.26. The number of nitrogens with zero attached hydrogens (tertiary/aromatic N) is 2. The van der Waals surface area contributed by atoms with Crippen molar-refractivity contribution in [2.45, 2.75) is 24.3 Å². The standard InChI is InChI=1S/C26H32N2O8S/c1-6-36-20-13-10-18(16-21(20)35-5)23-22(25(30)26(31)28(23)14-7-15-34-4)24(29)17-8-11-19(12-9-17)37(32,33)27(2)3/h8-13,16,23,29H,6-7,14-15H2,1-5H3/b24-22+. The summed E-state index contributed by atoms with van der Waals surface area (Å²) in [4.78, 5) is 27.7. The molecule has 1 aliphatic rings. The van der Waals surface area contributed by atoms with Gasteiger partial charge in [-0.05, 0) is 55.3 Å². The van der Waals surface area contributed by atoms with E-state index in [1.54, 1.807) is 25.3 Å². The minimum atomic E-state index is -3.68. The zero-order chi connectivity index (χ0) is 27.3. The molecule has 1 unspecified atom stereocenters. The van der Waals surface area contributed by atoms with E-state index in [0.717, 1.165) is 4.31 Å². The second-order valence-electron chi connectivity index (χ2n) is 8.49. The van der Waals surface area contributed by atoms with Gasteiger partial charge < -0.3 is 24.2 Å². The Morgan fingerprint density at radius 3 is 2.30 bits per heavy atom. The van der Waals surface area contributed by atoms with Crippen LogP contribution in [0, 0.1) is 0 Å². The molecule has 0 radical (unpaired) electrons. The summed E-state index contributed by atoms with van der Waals surface area (Å²) in [6.07, 6.45) is 0.477. The molecule has 10 nitrogen and oxygen atoms in total. The number of benzene rings is 2. The van der Waals surface area contributed by atoms with Crippen LogP contribution in [0.2, 0.25) is 0 Å². The lowest BCUT2D eigenvalue weighted by Crippen LogP contribution is -2.31. The van der Waals surface area contributed by atoms with Crippen molar-refractivity contribution in [3.05, 3.63) is 59.2 Å². The molecule has 1 N–H and O–H groups in total. The Morgan fingerprint density at radius 2 is 1.73 bits per heavy atom. The van der Waals surface area contributed by atoms with Crippen molar-refractivity contribution in [3.63, 3.8) is 0 Å². The van der Waals surface area contributed by atoms with Crippen LogP contribution in [-0.2, 0) is 24.3 Å². The monoisotopic (exact) mass is 532 g/mol. The molecule has 0 spiro atoms. The quantitative estimate of drug-likeness (QED) is 0.203. The van der Waals surface area contributed by atoms with E-state index in [0.29, 0.717) is 36.7 Å². The summed E-state index contributed by atoms with van der Waals surface area (Å²) in [5, 5.41) is 11.2. The Bertz CT molecular complexity index is 1290. The van der Waals surface area contributed by atoms with E-state index >= 15 is 0 Å². The zero-order valence-corrected chi connectivity index (χ0v) is 22.4. The van der Waals surface area contributed by atoms with Gasteiger partial charge in [0.25, 0.3) is 11.7 Å². The molecule has 1 amide bonds. The molecule has 1 atom stereocenters. The number of carbonyl (C=O) groups is 2. The van der Waals surface area contributed by atoms with Gasteiger partial charge in [-0.2, -0.15) is 0 Å². The average molecular weight is 533 g/mol. The first-order valence-electron chi connectivity index (χ1n) is 11.7. The molecular formula is C26H32N2O8S. The van der Waals surface area contributed by atoms with Crippen LogP contribution in [0.3, 0.4) is 0 Å². The van der Waals surface area contributed by atoms with Crippen molar-refractivity contribution in [1.29, 1.82) is 0 Å². The van der Waals surface area contributed by atoms with Gasteiger partial charge in [0.15, 0.2) is 11.5 Å². The molecule has 11 heteroatoms. The van der Waals surface area contributed by atoms with Crippen molar-refractivity contribution in [2.24, 2.45) is 0 Å². The fourth-order valence-corrected chi connectivity index (χ4v) is 5.02. The summed E-state index contributed by atoms with van der Waals surface area (Å²) < 4.78 is 42.1. The van der Waals surface area contributed by atoms with E-state index in [1.807, 2.05) is 6.92 Å². The number of hydrogen-bond acceptors (Lipinski definition) is 8. The van der Waals surface area contributed by atoms with Crippen LogP contribution < -0.4 is 9.47 Å². The summed E-state index contributed by atoms with van der Waals surface area (Å²) in [5.41, 5.74) is 0.651. The first kappa shape index (κ1) is 28.2. The van der Waals surface area contributed by atoms with E-state index < -0.39 is 33.5 Å². The maximum absolute atomic E-state index is 13.2. The van der Waals surface area contributed by atoms with Gasteiger partial charge in [0.1, 0.15) is 5.76 Å². The Balaban J connectivity index is 2.14. The Labute approximate surface area is 217 Å². The molecule has 1 saturated heterocycles. The zero-order valence-electron chi connectivity index (χ0n) is 21.6. The molecule has 1 fully saturated rings. The van der Waals surface area contributed by atoms with Crippen molar-refractivity contribution in [1.82, 2.24) is 9.21 Å². The van der Waals surface area contributed by atoms with Crippen LogP contribution in [0.25, 0.3) is 5.76 Å². The van der Waals surface area contributed by atoms with E-state index in [4.69, 9.17) is 14.2 Å². The smallest absolute Gasteiger partial charge is 0.295 e. The minimum absolute atomic E-state index is 0.0295. The second-order valence-corrected chi connectivity index (χ2v) is 10.6. The fourth-order valence-electron chi connectivity index (χ4n) is 4.12. The fraction of sp³-hybridized carbons (Fsp3) is 0.385. The molecule has 1 aliphatic heterocycles. The molecule has 2 aromatic carbocycles. The number of ether oxygens (including phenoxy) is 3. The highest BCUT2D eigenvalue weighted by Crippen LogP contribution is 2.42. The van der Waals surface area contributed by atoms with Gasteiger partial charge in [0.05, 0.1) is 30.2 Å². The summed E-state index contributed by atoms with van der Waals surface area (Å²) in [6.45, 7) is 2.86. The number of ketones is 1. The summed E-state index contributed by atoms with van der Waals surface area (Å²) >= 11 is 0. The van der Waals surface area contributed by atoms with Gasteiger partial charge in [-0.15, -0.1) is 0 Å². The number of sulfonamides is 1. The molecule has 37 heavy (non-hydrogen) atoms. The maximum Gasteiger partial charge on any atom is 0.295 e. The third kappa shape index (κ3) is 5.63. The van der Waals surface area contributed by atoms with Crippen LogP contribution >= 0.6 is 0 Å². The number of carbonyl (C=O) groups excluding carboxylic acids is 2. The molecule has 0 bridgehead atoms. The average Bonchev–Trinajstić information content (AvgIpc) is 3.13. The number of methoxy groups -OCH3 is 2. The van der Waals surface area contributed by atoms with Crippen molar-refractivity contribution < 1.29 is 37.3 Å². The van der Waals surface area contributed by atoms with Gasteiger partial charge in [-0.1, -0.05) is 6.07 Å². The molecular weight excluding hydrogens is 500 g/mol. The first-order valence-corrected chi connectivity index (χ1v) is 13.1. The molecule has 2 aromatic rings. The van der Waals surface area contributed by atoms with E-state index in [2.05, 4.69) is 0 Å². The largest absolute Gasteiger partial charge is 0.507 e. The molecule has 0 aromatic heterocycles. The molecule has 0 saturated carbocycles. The van der Waals surface area contributed by atoms with Gasteiger partial charge in [0.2, 0.25) is 10.0 Å². The number of rotatable bonds is 11. The number of likely N-dealkylation sites (tertiary alicyclic amines) is 1. The maximum atomic E-state index is 13.2. The lowest BCUT2D eigenvalue weighted by molar-refractivity contribution is -0.140. The first-order chi connectivity index (χ1) is 17.6. The van der Waals surface area contributed by atoms with Crippen molar-refractivity contribution in [2.75, 3.05) is 48.1 Å². The second kappa shape index (κ2) is 11.8. The molecule has 0 aliphatic carbocycles. The number of hydrogen-bond donors (Lipinski definition) is 1. The Hall–Kier alpha value is -3.41. The van der Waals surface area contributed by atoms with Crippen molar-refractivity contribution >= 4 is 27.5 Å². The topological polar surface area (TPSA) is 123 Å². The third-order valence-electron chi connectivity index (χ3n) is 6.00. The van der Waals surface area contributed by atoms with E-state index in [1.165, 1.54) is 50.4 Å². The van der Waals surface area contributed by atoms with Gasteiger partial charge in [0, 0.05) is 39.9 Å². The summed E-state index contributed by atoms with van der Waals surface area (Å²) in [5.74, 6) is -1.07. The van der Waals surface area contributed by atoms with Crippen LogP contribution in [-0.4, -0.2) is 82.5 Å². The van der Waals surface area contributed by atoms with E-state index in [-0.39, 0.29) is 22.6 Å². The Morgan fingerprint density at radius 1 is 1.05 bits per heavy atom.